The van der Waals surface area contributed by atoms with Crippen LogP contribution in [0.4, 0.5) is 0 Å². The number of nitrogens with zero attached hydrogens (tertiary/aromatic N) is 1. The minimum atomic E-state index is 0. The van der Waals surface area contributed by atoms with Crippen molar-refractivity contribution in [2.75, 3.05) is 20.2 Å². The molecule has 0 N–H and O–H groups in total. The van der Waals surface area contributed by atoms with Gasteiger partial charge in [0, 0.05) is 12.6 Å². The fourth-order valence-corrected chi connectivity index (χ4v) is 3.06. The summed E-state index contributed by atoms with van der Waals surface area (Å²) in [6, 6.07) is 9.48. The van der Waals surface area contributed by atoms with E-state index in [0.29, 0.717) is 12.6 Å². The van der Waals surface area contributed by atoms with Crippen LogP contribution in [0.3, 0.4) is 0 Å². The van der Waals surface area contributed by atoms with E-state index in [2.05, 4.69) is 40.8 Å². The quantitative estimate of drug-likeness (QED) is 0.488. The van der Waals surface area contributed by atoms with Crippen molar-refractivity contribution < 1.29 is 83.2 Å². The van der Waals surface area contributed by atoms with Crippen LogP contribution in [0.25, 0.3) is 0 Å². The molecule has 3 rings (SSSR count). The summed E-state index contributed by atoms with van der Waals surface area (Å²) in [4.78, 5) is 11.5. The Hall–Kier alpha value is 0.662. The molecule has 4 nitrogen and oxygen atoms in total. The van der Waals surface area contributed by atoms with Crippen LogP contribution in [0.1, 0.15) is 44.2 Å². The van der Waals surface area contributed by atoms with Crippen LogP contribution in [0.15, 0.2) is 24.3 Å². The number of hydrogen-bond donors (Lipinski definition) is 0. The van der Waals surface area contributed by atoms with E-state index in [4.69, 9.17) is 9.53 Å². The number of benzene rings is 1. The molecule has 138 valence electrons. The van der Waals surface area contributed by atoms with Gasteiger partial charge in [0.25, 0.3) is 6.47 Å². The molecule has 2 aliphatic heterocycles. The van der Waals surface area contributed by atoms with Crippen molar-refractivity contribution in [2.45, 2.75) is 58.8 Å². The van der Waals surface area contributed by atoms with Gasteiger partial charge in [0.15, 0.2) is 0 Å². The largest absolute Gasteiger partial charge is 1.00 e. The number of carbonyl (C=O) groups is 1. The zero-order valence-electron chi connectivity index (χ0n) is 17.0. The summed E-state index contributed by atoms with van der Waals surface area (Å²) >= 11 is 0. The minimum Gasteiger partial charge on any atom is -0.471 e. The number of rotatable bonds is 4. The van der Waals surface area contributed by atoms with Crippen LogP contribution < -0.4 is 68.9 Å². The molecule has 2 heterocycles. The Labute approximate surface area is 213 Å². The van der Waals surface area contributed by atoms with E-state index in [1.165, 1.54) is 44.0 Å². The zero-order chi connectivity index (χ0) is 17.1. The van der Waals surface area contributed by atoms with Gasteiger partial charge in [-0.25, -0.2) is 0 Å². The van der Waals surface area contributed by atoms with Gasteiger partial charge in [-0.2, -0.15) is 0 Å². The standard InChI is InChI=1S/C15H21NO.C2H4O2.C2H6.CH3.Cs/c1-12-4-6-13(7-5-12)11-17-15-9-14-3-2-8-16(14)10-15;1-4-2-3;1-2;;/h4-7,14-15H,2-3,8-11H2,1H3;2H,1H3;1-2H3;1H3;/q;;;-1;+1. The van der Waals surface area contributed by atoms with Crippen LogP contribution in [0.2, 0.25) is 0 Å². The summed E-state index contributed by atoms with van der Waals surface area (Å²) in [5, 5.41) is 0. The topological polar surface area (TPSA) is 38.8 Å². The van der Waals surface area contributed by atoms with E-state index in [9.17, 15) is 0 Å². The van der Waals surface area contributed by atoms with Gasteiger partial charge in [-0.3, -0.25) is 9.69 Å². The van der Waals surface area contributed by atoms with Gasteiger partial charge in [-0.05, 0) is 38.3 Å². The molecule has 2 atom stereocenters. The first kappa shape index (κ1) is 27.9. The van der Waals surface area contributed by atoms with E-state index < -0.39 is 0 Å². The maximum atomic E-state index is 8.95. The van der Waals surface area contributed by atoms with Crippen molar-refractivity contribution in [3.63, 3.8) is 0 Å². The number of hydrogen-bond acceptors (Lipinski definition) is 4. The molecule has 1 aromatic rings. The number of methoxy groups -OCH3 is 1. The second kappa shape index (κ2) is 16.8. The molecule has 0 bridgehead atoms. The Morgan fingerprint density at radius 3 is 2.36 bits per heavy atom. The molecular weight excluding hydrogens is 435 g/mol. The van der Waals surface area contributed by atoms with Gasteiger partial charge in [-0.1, -0.05) is 43.7 Å². The predicted molar refractivity (Wildman–Crippen MR) is 99.8 cm³/mol. The number of ether oxygens (including phenoxy) is 2. The third-order valence-corrected chi connectivity index (χ3v) is 4.17. The van der Waals surface area contributed by atoms with Gasteiger partial charge in [0.1, 0.15) is 0 Å². The van der Waals surface area contributed by atoms with E-state index in [1.54, 1.807) is 0 Å². The number of fused-ring (bicyclic) bond motifs is 1. The molecule has 0 spiro atoms. The van der Waals surface area contributed by atoms with Gasteiger partial charge >= 0.3 is 68.9 Å². The average molecular weight is 469 g/mol. The molecule has 25 heavy (non-hydrogen) atoms. The van der Waals surface area contributed by atoms with Crippen molar-refractivity contribution in [2.24, 2.45) is 0 Å². The summed E-state index contributed by atoms with van der Waals surface area (Å²) < 4.78 is 9.88. The molecule has 2 fully saturated rings. The molecule has 2 saturated heterocycles. The molecule has 0 aliphatic carbocycles. The summed E-state index contributed by atoms with van der Waals surface area (Å²) in [6.45, 7) is 9.70. The van der Waals surface area contributed by atoms with Crippen LogP contribution in [0, 0.1) is 14.4 Å². The molecular formula is C20H34CsNO3. The number of carbonyl (C=O) groups excluding carboxylic acids is 1. The van der Waals surface area contributed by atoms with Crippen molar-refractivity contribution >= 4 is 6.47 Å². The first-order valence-electron chi connectivity index (χ1n) is 8.60. The Morgan fingerprint density at radius 1 is 1.24 bits per heavy atom. The molecule has 0 radical (unpaired) electrons. The van der Waals surface area contributed by atoms with E-state index in [0.717, 1.165) is 19.2 Å². The Bertz CT molecular complexity index is 427. The molecule has 5 heteroatoms. The molecule has 2 aliphatic rings. The summed E-state index contributed by atoms with van der Waals surface area (Å²) in [6.07, 6.45) is 4.47. The SMILES string of the molecule is CC.COC=O.Cc1ccc(COC2CC3CCCN3C2)cc1.[CH3-].[Cs+]. The molecule has 1 aromatic carbocycles. The van der Waals surface area contributed by atoms with Gasteiger partial charge in [0.2, 0.25) is 0 Å². The van der Waals surface area contributed by atoms with Gasteiger partial charge in [0.05, 0.1) is 19.8 Å². The second-order valence-corrected chi connectivity index (χ2v) is 5.78. The van der Waals surface area contributed by atoms with E-state index >= 15 is 0 Å². The van der Waals surface area contributed by atoms with Crippen LogP contribution in [-0.2, 0) is 20.9 Å². The van der Waals surface area contributed by atoms with Crippen molar-refractivity contribution in [3.05, 3.63) is 42.8 Å². The average Bonchev–Trinajstić information content (AvgIpc) is 3.18. The van der Waals surface area contributed by atoms with Crippen LogP contribution in [-0.4, -0.2) is 43.7 Å². The molecule has 0 amide bonds. The third-order valence-electron chi connectivity index (χ3n) is 4.17. The Morgan fingerprint density at radius 2 is 1.84 bits per heavy atom. The van der Waals surface area contributed by atoms with Crippen molar-refractivity contribution in [3.8, 4) is 0 Å². The number of aryl methyl sites for hydroxylation is 1. The summed E-state index contributed by atoms with van der Waals surface area (Å²) in [5.41, 5.74) is 2.61. The smallest absolute Gasteiger partial charge is 0.471 e. The van der Waals surface area contributed by atoms with Crippen LogP contribution in [0.5, 0.6) is 0 Å². The second-order valence-electron chi connectivity index (χ2n) is 5.78. The first-order valence-corrected chi connectivity index (χ1v) is 8.60. The predicted octanol–water partition coefficient (Wildman–Crippen LogP) is 1.02. The fraction of sp³-hybridized carbons (Fsp3) is 0.600. The minimum absolute atomic E-state index is 0. The van der Waals surface area contributed by atoms with Crippen molar-refractivity contribution in [1.29, 1.82) is 0 Å². The zero-order valence-corrected chi connectivity index (χ0v) is 23.2. The van der Waals surface area contributed by atoms with Gasteiger partial charge in [-0.15, -0.1) is 0 Å². The maximum Gasteiger partial charge on any atom is 1.00 e. The fourth-order valence-electron chi connectivity index (χ4n) is 3.06. The van der Waals surface area contributed by atoms with E-state index in [-0.39, 0.29) is 76.3 Å². The first-order chi connectivity index (χ1) is 11.2. The van der Waals surface area contributed by atoms with Gasteiger partial charge < -0.3 is 16.9 Å². The maximum absolute atomic E-state index is 8.95. The van der Waals surface area contributed by atoms with Crippen LogP contribution >= 0.6 is 0 Å². The van der Waals surface area contributed by atoms with E-state index in [1.807, 2.05) is 13.8 Å². The third kappa shape index (κ3) is 10.5. The summed E-state index contributed by atoms with van der Waals surface area (Å²) in [5.74, 6) is 0. The molecule has 2 unspecified atom stereocenters. The van der Waals surface area contributed by atoms with Crippen molar-refractivity contribution in [1.82, 2.24) is 4.90 Å². The Kier molecular flexibility index (Phi) is 18.7. The normalized spacial score (nSPS) is 20.5. The Balaban J connectivity index is 0. The monoisotopic (exact) mass is 469 g/mol. The summed E-state index contributed by atoms with van der Waals surface area (Å²) in [7, 11) is 1.31. The molecule has 0 saturated carbocycles. The molecule has 0 aromatic heterocycles.